The second kappa shape index (κ2) is 8.93. The van der Waals surface area contributed by atoms with Crippen LogP contribution in [0.4, 0.5) is 16.2 Å². The van der Waals surface area contributed by atoms with Gasteiger partial charge in [-0.1, -0.05) is 12.1 Å². The summed E-state index contributed by atoms with van der Waals surface area (Å²) in [5.41, 5.74) is 10.5. The Hall–Kier alpha value is -4.38. The van der Waals surface area contributed by atoms with Gasteiger partial charge in [0, 0.05) is 55.9 Å². The Morgan fingerprint density at radius 1 is 0.973 bits per heavy atom. The first-order valence-electron chi connectivity index (χ1n) is 12.1. The number of H-pyrrole nitrogens is 1. The van der Waals surface area contributed by atoms with Gasteiger partial charge in [-0.3, -0.25) is 0 Å². The molecule has 5 aromatic rings. The van der Waals surface area contributed by atoms with Crippen LogP contribution in [0.25, 0.3) is 16.6 Å². The molecule has 188 valence electrons. The molecule has 4 aromatic heterocycles. The predicted octanol–water partition coefficient (Wildman–Crippen LogP) is 2.03. The number of anilines is 2. The number of hydrogen-bond donors (Lipinski definition) is 2. The van der Waals surface area contributed by atoms with Gasteiger partial charge in [0.15, 0.2) is 12.9 Å². The number of nitrogens with zero attached hydrogens (tertiary/aromatic N) is 8. The highest BCUT2D eigenvalue weighted by Gasteiger charge is 2.26. The molecule has 0 unspecified atom stereocenters. The van der Waals surface area contributed by atoms with Crippen molar-refractivity contribution in [1.82, 2.24) is 29.7 Å². The molecule has 0 spiro atoms. The molecule has 11 heteroatoms. The summed E-state index contributed by atoms with van der Waals surface area (Å²) in [7, 11) is 1.96. The minimum absolute atomic E-state index is 0.291. The Morgan fingerprint density at radius 3 is 2.35 bits per heavy atom. The standard InChI is InChI=1S/C26H27FN10/c1-26(28,20-3-5-22(27)6-4-20)21-13-29-25(30-14-21)36-9-7-35(8-10-36)24-23-11-18(16-37(23)33-17-31-24)19-12-32-34(2)15-19/h3-6,11-17H,7-10,28H2,1-2H3/p+1/t26-/m0/s1. The van der Waals surface area contributed by atoms with Crippen LogP contribution in [0.1, 0.15) is 18.1 Å². The molecule has 1 atom stereocenters. The maximum absolute atomic E-state index is 13.3. The van der Waals surface area contributed by atoms with Gasteiger partial charge < -0.3 is 15.5 Å². The summed E-state index contributed by atoms with van der Waals surface area (Å²) in [5, 5.41) is 7.56. The molecule has 5 heterocycles. The summed E-state index contributed by atoms with van der Waals surface area (Å²) in [6.07, 6.45) is 11.1. The lowest BCUT2D eigenvalue weighted by Crippen LogP contribution is -2.47. The quantitative estimate of drug-likeness (QED) is 0.356. The normalized spacial score (nSPS) is 15.8. The number of halogens is 1. The van der Waals surface area contributed by atoms with Crippen LogP contribution in [0.3, 0.4) is 0 Å². The maximum Gasteiger partial charge on any atom is 0.225 e. The van der Waals surface area contributed by atoms with Gasteiger partial charge in [0.25, 0.3) is 0 Å². The topological polar surface area (TPSA) is 108 Å². The summed E-state index contributed by atoms with van der Waals surface area (Å²) in [4.78, 5) is 18.3. The fourth-order valence-corrected chi connectivity index (χ4v) is 4.76. The van der Waals surface area contributed by atoms with Gasteiger partial charge >= 0.3 is 0 Å². The summed E-state index contributed by atoms with van der Waals surface area (Å²) in [6.45, 7) is 4.95. The molecule has 6 rings (SSSR count). The molecule has 0 saturated carbocycles. The predicted molar refractivity (Wildman–Crippen MR) is 137 cm³/mol. The van der Waals surface area contributed by atoms with E-state index in [1.165, 1.54) is 12.1 Å². The van der Waals surface area contributed by atoms with Gasteiger partial charge in [0.1, 0.15) is 17.7 Å². The number of aromatic nitrogens is 7. The molecule has 1 aliphatic rings. The molecule has 0 amide bonds. The van der Waals surface area contributed by atoms with Crippen molar-refractivity contribution in [2.45, 2.75) is 12.5 Å². The zero-order valence-corrected chi connectivity index (χ0v) is 20.7. The van der Waals surface area contributed by atoms with E-state index in [0.717, 1.165) is 59.8 Å². The van der Waals surface area contributed by atoms with Crippen molar-refractivity contribution >= 4 is 17.3 Å². The Balaban J connectivity index is 1.17. The number of benzene rings is 1. The number of nitrogens with one attached hydrogen (secondary N) is 1. The number of nitrogens with two attached hydrogens (primary N) is 1. The molecule has 0 aliphatic carbocycles. The van der Waals surface area contributed by atoms with Crippen molar-refractivity contribution in [2.24, 2.45) is 12.8 Å². The van der Waals surface area contributed by atoms with Crippen LogP contribution in [-0.2, 0) is 12.6 Å². The molecule has 10 nitrogen and oxygen atoms in total. The highest BCUT2D eigenvalue weighted by molar-refractivity contribution is 5.77. The highest BCUT2D eigenvalue weighted by atomic mass is 19.1. The van der Waals surface area contributed by atoms with Crippen molar-refractivity contribution in [3.63, 3.8) is 0 Å². The molecule has 1 fully saturated rings. The van der Waals surface area contributed by atoms with Crippen molar-refractivity contribution < 1.29 is 9.07 Å². The Kier molecular flexibility index (Phi) is 5.56. The van der Waals surface area contributed by atoms with E-state index in [4.69, 9.17) is 5.73 Å². The molecule has 1 aliphatic heterocycles. The van der Waals surface area contributed by atoms with Crippen LogP contribution in [-0.4, -0.2) is 55.8 Å². The van der Waals surface area contributed by atoms with Crippen LogP contribution in [0.5, 0.6) is 0 Å². The minimum Gasteiger partial charge on any atom is -0.351 e. The Morgan fingerprint density at radius 2 is 1.68 bits per heavy atom. The lowest BCUT2D eigenvalue weighted by Gasteiger charge is -2.35. The minimum atomic E-state index is -0.822. The van der Waals surface area contributed by atoms with Gasteiger partial charge in [0.05, 0.1) is 17.3 Å². The molecule has 1 aromatic carbocycles. The van der Waals surface area contributed by atoms with Crippen LogP contribution in [0.2, 0.25) is 0 Å². The Labute approximate surface area is 213 Å². The maximum atomic E-state index is 13.3. The van der Waals surface area contributed by atoms with E-state index in [-0.39, 0.29) is 5.82 Å². The average molecular weight is 500 g/mol. The molecular weight excluding hydrogens is 471 g/mol. The number of rotatable bonds is 5. The van der Waals surface area contributed by atoms with Gasteiger partial charge in [-0.2, -0.15) is 10.2 Å². The van der Waals surface area contributed by atoms with E-state index >= 15 is 0 Å². The van der Waals surface area contributed by atoms with Crippen LogP contribution in [0.15, 0.2) is 67.6 Å². The first-order chi connectivity index (χ1) is 17.9. The molecule has 0 radical (unpaired) electrons. The van der Waals surface area contributed by atoms with Crippen LogP contribution in [0, 0.1) is 5.82 Å². The van der Waals surface area contributed by atoms with Gasteiger partial charge in [0.2, 0.25) is 12.1 Å². The van der Waals surface area contributed by atoms with E-state index < -0.39 is 5.54 Å². The van der Waals surface area contributed by atoms with E-state index in [9.17, 15) is 4.39 Å². The first kappa shape index (κ1) is 23.0. The van der Waals surface area contributed by atoms with Gasteiger partial charge in [-0.25, -0.2) is 23.9 Å². The SMILES string of the molecule is C[n+]1cc(-c2cc3c(N4CCN(c5ncc([C@@](C)(N)c6ccc(F)cc6)cn5)CC4)ncnn3c2)c[nH]1. The fraction of sp³-hybridized carbons (Fsp3) is 0.269. The second-order valence-corrected chi connectivity index (χ2v) is 9.57. The van der Waals surface area contributed by atoms with Crippen molar-refractivity contribution in [1.29, 1.82) is 0 Å². The van der Waals surface area contributed by atoms with Gasteiger partial charge in [-0.05, 0) is 30.7 Å². The van der Waals surface area contributed by atoms with E-state index in [0.29, 0.717) is 5.95 Å². The zero-order chi connectivity index (χ0) is 25.6. The molecule has 37 heavy (non-hydrogen) atoms. The third-order valence-corrected chi connectivity index (χ3v) is 7.02. The second-order valence-electron chi connectivity index (χ2n) is 9.57. The summed E-state index contributed by atoms with van der Waals surface area (Å²) < 4.78 is 17.1. The molecule has 0 bridgehead atoms. The summed E-state index contributed by atoms with van der Waals surface area (Å²) >= 11 is 0. The van der Waals surface area contributed by atoms with E-state index in [2.05, 4.69) is 41.0 Å². The number of piperazine rings is 1. The summed E-state index contributed by atoms with van der Waals surface area (Å²) in [5.74, 6) is 1.28. The van der Waals surface area contributed by atoms with Gasteiger partial charge in [-0.15, -0.1) is 4.68 Å². The number of aryl methyl sites for hydroxylation is 1. The molecule has 3 N–H and O–H groups in total. The molecular formula is C26H28FN10+. The lowest BCUT2D eigenvalue weighted by atomic mass is 9.87. The van der Waals surface area contributed by atoms with Crippen molar-refractivity contribution in [2.75, 3.05) is 36.0 Å². The van der Waals surface area contributed by atoms with Crippen molar-refractivity contribution in [3.05, 3.63) is 84.6 Å². The Bertz CT molecular complexity index is 1530. The van der Waals surface area contributed by atoms with E-state index in [1.807, 2.05) is 41.8 Å². The van der Waals surface area contributed by atoms with Crippen LogP contribution >= 0.6 is 0 Å². The molecule has 1 saturated heterocycles. The first-order valence-corrected chi connectivity index (χ1v) is 12.1. The highest BCUT2D eigenvalue weighted by Crippen LogP contribution is 2.28. The number of hydrogen-bond acceptors (Lipinski definition) is 7. The largest absolute Gasteiger partial charge is 0.351 e. The third kappa shape index (κ3) is 4.27. The van der Waals surface area contributed by atoms with E-state index in [1.54, 1.807) is 30.9 Å². The summed E-state index contributed by atoms with van der Waals surface area (Å²) in [6, 6.07) is 8.33. The number of fused-ring (bicyclic) bond motifs is 1. The fourth-order valence-electron chi connectivity index (χ4n) is 4.76. The lowest BCUT2D eigenvalue weighted by molar-refractivity contribution is -0.726. The third-order valence-electron chi connectivity index (χ3n) is 7.02. The monoisotopic (exact) mass is 499 g/mol. The number of aromatic amines is 1. The average Bonchev–Trinajstić information content (AvgIpc) is 3.55. The van der Waals surface area contributed by atoms with Crippen molar-refractivity contribution in [3.8, 4) is 11.1 Å². The zero-order valence-electron chi connectivity index (χ0n) is 20.7. The smallest absolute Gasteiger partial charge is 0.225 e. The van der Waals surface area contributed by atoms with Crippen LogP contribution < -0.4 is 20.2 Å².